The third-order valence-corrected chi connectivity index (χ3v) is 3.86. The van der Waals surface area contributed by atoms with Crippen LogP contribution in [0.15, 0.2) is 6.07 Å². The number of anilines is 2. The molecule has 4 heteroatoms. The van der Waals surface area contributed by atoms with Crippen LogP contribution in [0.25, 0.3) is 0 Å². The summed E-state index contributed by atoms with van der Waals surface area (Å²) in [6.07, 6.45) is 5.58. The molecule has 2 saturated carbocycles. The number of aromatic nitrogens is 2. The standard InChI is InChI=1S/C15H24N4/c1-3-16-14-8-15(18-11(2)17-14)19(9-12-4-5-12)10-13-6-7-13/h8,12-13H,3-7,9-10H2,1-2H3,(H,16,17,18). The fourth-order valence-corrected chi connectivity index (χ4v) is 2.47. The lowest BCUT2D eigenvalue weighted by molar-refractivity contribution is 0.669. The van der Waals surface area contributed by atoms with Gasteiger partial charge in [-0.05, 0) is 51.4 Å². The summed E-state index contributed by atoms with van der Waals surface area (Å²) in [4.78, 5) is 11.6. The fraction of sp³-hybridized carbons (Fsp3) is 0.733. The van der Waals surface area contributed by atoms with E-state index in [1.54, 1.807) is 0 Å². The zero-order valence-electron chi connectivity index (χ0n) is 12.0. The molecule has 0 aliphatic heterocycles. The first-order valence-electron chi connectivity index (χ1n) is 7.59. The summed E-state index contributed by atoms with van der Waals surface area (Å²) in [5.41, 5.74) is 0. The molecule has 1 aromatic heterocycles. The molecule has 2 aliphatic carbocycles. The summed E-state index contributed by atoms with van der Waals surface area (Å²) in [6, 6.07) is 2.11. The quantitative estimate of drug-likeness (QED) is 0.818. The third kappa shape index (κ3) is 3.58. The summed E-state index contributed by atoms with van der Waals surface area (Å²) in [7, 11) is 0. The molecule has 0 aromatic carbocycles. The van der Waals surface area contributed by atoms with E-state index >= 15 is 0 Å². The molecule has 2 aliphatic rings. The van der Waals surface area contributed by atoms with Crippen LogP contribution in [0.3, 0.4) is 0 Å². The zero-order valence-corrected chi connectivity index (χ0v) is 12.0. The van der Waals surface area contributed by atoms with Crippen LogP contribution in [0.2, 0.25) is 0 Å². The molecule has 3 rings (SSSR count). The van der Waals surface area contributed by atoms with Gasteiger partial charge in [0.25, 0.3) is 0 Å². The van der Waals surface area contributed by atoms with Gasteiger partial charge in [0.15, 0.2) is 0 Å². The van der Waals surface area contributed by atoms with E-state index in [4.69, 9.17) is 0 Å². The van der Waals surface area contributed by atoms with Crippen LogP contribution in [0, 0.1) is 18.8 Å². The van der Waals surface area contributed by atoms with E-state index in [0.717, 1.165) is 35.8 Å². The van der Waals surface area contributed by atoms with Gasteiger partial charge in [0.05, 0.1) is 0 Å². The molecule has 19 heavy (non-hydrogen) atoms. The molecule has 0 spiro atoms. The summed E-state index contributed by atoms with van der Waals surface area (Å²) >= 11 is 0. The SMILES string of the molecule is CCNc1cc(N(CC2CC2)CC2CC2)nc(C)n1. The van der Waals surface area contributed by atoms with Crippen LogP contribution >= 0.6 is 0 Å². The highest BCUT2D eigenvalue weighted by atomic mass is 15.2. The summed E-state index contributed by atoms with van der Waals surface area (Å²) in [5.74, 6) is 4.74. The lowest BCUT2D eigenvalue weighted by Crippen LogP contribution is -2.29. The Morgan fingerprint density at radius 3 is 2.32 bits per heavy atom. The van der Waals surface area contributed by atoms with Crippen LogP contribution in [0.4, 0.5) is 11.6 Å². The van der Waals surface area contributed by atoms with Crippen molar-refractivity contribution < 1.29 is 0 Å². The van der Waals surface area contributed by atoms with Crippen LogP contribution in [0.1, 0.15) is 38.4 Å². The van der Waals surface area contributed by atoms with Crippen LogP contribution in [-0.4, -0.2) is 29.6 Å². The van der Waals surface area contributed by atoms with Gasteiger partial charge in [-0.1, -0.05) is 0 Å². The molecule has 4 nitrogen and oxygen atoms in total. The molecular formula is C15H24N4. The molecule has 0 amide bonds. The second-order valence-corrected chi connectivity index (χ2v) is 5.98. The van der Waals surface area contributed by atoms with Crippen molar-refractivity contribution in [3.8, 4) is 0 Å². The van der Waals surface area contributed by atoms with Crippen molar-refractivity contribution in [3.63, 3.8) is 0 Å². The molecule has 104 valence electrons. The van der Waals surface area contributed by atoms with Gasteiger partial charge in [-0.2, -0.15) is 0 Å². The summed E-state index contributed by atoms with van der Waals surface area (Å²) in [5, 5.41) is 3.30. The first kappa shape index (κ1) is 12.7. The number of hydrogen-bond acceptors (Lipinski definition) is 4. The van der Waals surface area contributed by atoms with Gasteiger partial charge in [0.2, 0.25) is 0 Å². The number of nitrogens with zero attached hydrogens (tertiary/aromatic N) is 3. The Kier molecular flexibility index (Phi) is 3.58. The maximum absolute atomic E-state index is 4.65. The van der Waals surface area contributed by atoms with Crippen molar-refractivity contribution in [1.29, 1.82) is 0 Å². The van der Waals surface area contributed by atoms with Gasteiger partial charge in [-0.25, -0.2) is 9.97 Å². The molecule has 0 atom stereocenters. The Bertz CT molecular complexity index is 424. The van der Waals surface area contributed by atoms with E-state index in [1.807, 2.05) is 6.92 Å². The predicted molar refractivity (Wildman–Crippen MR) is 78.6 cm³/mol. The number of nitrogens with one attached hydrogen (secondary N) is 1. The van der Waals surface area contributed by atoms with E-state index in [2.05, 4.69) is 33.2 Å². The maximum Gasteiger partial charge on any atom is 0.134 e. The lowest BCUT2D eigenvalue weighted by Gasteiger charge is -2.24. The van der Waals surface area contributed by atoms with Gasteiger partial charge < -0.3 is 10.2 Å². The highest BCUT2D eigenvalue weighted by molar-refractivity contribution is 5.49. The minimum atomic E-state index is 0.866. The smallest absolute Gasteiger partial charge is 0.134 e. The van der Waals surface area contributed by atoms with Gasteiger partial charge in [-0.15, -0.1) is 0 Å². The molecule has 0 bridgehead atoms. The van der Waals surface area contributed by atoms with Crippen molar-refractivity contribution in [1.82, 2.24) is 9.97 Å². The topological polar surface area (TPSA) is 41.0 Å². The minimum Gasteiger partial charge on any atom is -0.370 e. The van der Waals surface area contributed by atoms with Crippen molar-refractivity contribution in [2.45, 2.75) is 39.5 Å². The Morgan fingerprint density at radius 1 is 1.16 bits per heavy atom. The molecule has 1 heterocycles. The minimum absolute atomic E-state index is 0.866. The predicted octanol–water partition coefficient (Wildman–Crippen LogP) is 2.84. The lowest BCUT2D eigenvalue weighted by atomic mass is 10.3. The van der Waals surface area contributed by atoms with Gasteiger partial charge in [-0.3, -0.25) is 0 Å². The van der Waals surface area contributed by atoms with E-state index in [-0.39, 0.29) is 0 Å². The molecule has 0 saturated heterocycles. The highest BCUT2D eigenvalue weighted by Gasteiger charge is 2.30. The van der Waals surface area contributed by atoms with Gasteiger partial charge >= 0.3 is 0 Å². The largest absolute Gasteiger partial charge is 0.370 e. The van der Waals surface area contributed by atoms with Crippen molar-refractivity contribution in [2.75, 3.05) is 29.9 Å². The molecule has 2 fully saturated rings. The van der Waals surface area contributed by atoms with Gasteiger partial charge in [0, 0.05) is 25.7 Å². The van der Waals surface area contributed by atoms with Crippen LogP contribution in [0.5, 0.6) is 0 Å². The Hall–Kier alpha value is -1.32. The number of hydrogen-bond donors (Lipinski definition) is 1. The second kappa shape index (κ2) is 5.35. The Morgan fingerprint density at radius 2 is 1.79 bits per heavy atom. The van der Waals surface area contributed by atoms with E-state index < -0.39 is 0 Å². The Labute approximate surface area is 115 Å². The maximum atomic E-state index is 4.65. The second-order valence-electron chi connectivity index (χ2n) is 5.98. The zero-order chi connectivity index (χ0) is 13.2. The summed E-state index contributed by atoms with van der Waals surface area (Å²) < 4.78 is 0. The number of aryl methyl sites for hydroxylation is 1. The van der Waals surface area contributed by atoms with Crippen molar-refractivity contribution >= 4 is 11.6 Å². The molecule has 0 radical (unpaired) electrons. The van der Waals surface area contributed by atoms with E-state index in [9.17, 15) is 0 Å². The number of rotatable bonds is 7. The first-order valence-corrected chi connectivity index (χ1v) is 7.59. The Balaban J connectivity index is 1.77. The van der Waals surface area contributed by atoms with Crippen LogP contribution in [-0.2, 0) is 0 Å². The van der Waals surface area contributed by atoms with E-state index in [0.29, 0.717) is 0 Å². The highest BCUT2D eigenvalue weighted by Crippen LogP contribution is 2.35. The molecule has 1 aromatic rings. The molecule has 0 unspecified atom stereocenters. The van der Waals surface area contributed by atoms with E-state index in [1.165, 1.54) is 38.8 Å². The van der Waals surface area contributed by atoms with Crippen LogP contribution < -0.4 is 10.2 Å². The average molecular weight is 260 g/mol. The molecular weight excluding hydrogens is 236 g/mol. The average Bonchev–Trinajstić information content (AvgIpc) is 3.22. The summed E-state index contributed by atoms with van der Waals surface area (Å²) in [6.45, 7) is 7.35. The van der Waals surface area contributed by atoms with Crippen molar-refractivity contribution in [3.05, 3.63) is 11.9 Å². The normalized spacial score (nSPS) is 18.4. The monoisotopic (exact) mass is 260 g/mol. The fourth-order valence-electron chi connectivity index (χ4n) is 2.47. The van der Waals surface area contributed by atoms with Gasteiger partial charge in [0.1, 0.15) is 17.5 Å². The first-order chi connectivity index (χ1) is 9.24. The molecule has 1 N–H and O–H groups in total. The van der Waals surface area contributed by atoms with Crippen molar-refractivity contribution in [2.24, 2.45) is 11.8 Å². The third-order valence-electron chi connectivity index (χ3n) is 3.86.